The van der Waals surface area contributed by atoms with Crippen molar-refractivity contribution in [3.05, 3.63) is 65.3 Å². The first-order valence-electron chi connectivity index (χ1n) is 6.68. The Kier molecular flexibility index (Phi) is 3.50. The molecule has 0 aliphatic carbocycles. The lowest BCUT2D eigenvalue weighted by molar-refractivity contribution is -0.605. The summed E-state index contributed by atoms with van der Waals surface area (Å²) < 4.78 is 5.92. The molecule has 0 radical (unpaired) electrons. The molecule has 2 heterocycles. The molecule has 0 aliphatic rings. The Bertz CT molecular complexity index is 904. The largest absolute Gasteiger partial charge is 0.619 e. The SMILES string of the molecule is COc1cc[n+]([O-])cc1/C=C(\C#N)c1c[nH]c2ccccc12. The molecule has 0 unspecified atom stereocenters. The quantitative estimate of drug-likeness (QED) is 0.458. The summed E-state index contributed by atoms with van der Waals surface area (Å²) >= 11 is 0. The first kappa shape index (κ1) is 13.7. The summed E-state index contributed by atoms with van der Waals surface area (Å²) in [6, 6.07) is 11.5. The molecule has 0 atom stereocenters. The van der Waals surface area contributed by atoms with Crippen molar-refractivity contribution in [2.24, 2.45) is 0 Å². The second kappa shape index (κ2) is 5.62. The fourth-order valence-electron chi connectivity index (χ4n) is 2.40. The number of aromatic nitrogens is 2. The molecule has 0 bridgehead atoms. The number of nitrogens with one attached hydrogen (secondary N) is 1. The molecule has 22 heavy (non-hydrogen) atoms. The molecule has 1 aromatic carbocycles. The maximum Gasteiger partial charge on any atom is 0.191 e. The molecule has 0 saturated heterocycles. The highest BCUT2D eigenvalue weighted by Crippen LogP contribution is 2.28. The van der Waals surface area contributed by atoms with Crippen LogP contribution in [0.1, 0.15) is 11.1 Å². The number of pyridine rings is 1. The Morgan fingerprint density at radius 1 is 1.36 bits per heavy atom. The molecular formula is C17H13N3O2. The van der Waals surface area contributed by atoms with Crippen molar-refractivity contribution in [1.82, 2.24) is 4.98 Å². The molecular weight excluding hydrogens is 278 g/mol. The number of allylic oxidation sites excluding steroid dienone is 1. The molecule has 5 heteroatoms. The highest BCUT2D eigenvalue weighted by atomic mass is 16.5. The maximum absolute atomic E-state index is 11.5. The van der Waals surface area contributed by atoms with E-state index in [1.54, 1.807) is 18.3 Å². The van der Waals surface area contributed by atoms with E-state index in [-0.39, 0.29) is 0 Å². The molecule has 5 nitrogen and oxygen atoms in total. The van der Waals surface area contributed by atoms with E-state index in [0.717, 1.165) is 16.5 Å². The summed E-state index contributed by atoms with van der Waals surface area (Å²) in [6.45, 7) is 0. The predicted molar refractivity (Wildman–Crippen MR) is 83.7 cm³/mol. The average molecular weight is 291 g/mol. The van der Waals surface area contributed by atoms with Gasteiger partial charge in [0, 0.05) is 28.7 Å². The molecule has 0 spiro atoms. The summed E-state index contributed by atoms with van der Waals surface area (Å²) in [6.07, 6.45) is 6.18. The predicted octanol–water partition coefficient (Wildman–Crippen LogP) is 2.87. The summed E-state index contributed by atoms with van der Waals surface area (Å²) in [5.74, 6) is 0.541. The van der Waals surface area contributed by atoms with Gasteiger partial charge in [-0.2, -0.15) is 9.99 Å². The van der Waals surface area contributed by atoms with Gasteiger partial charge in [0.1, 0.15) is 5.75 Å². The topological polar surface area (TPSA) is 75.8 Å². The standard InChI is InChI=1S/C17H13N3O2/c1-22-17-6-7-20(21)11-13(17)8-12(9-18)15-10-19-16-5-3-2-4-14(15)16/h2-8,10-11,19H,1H3/b12-8+. The van der Waals surface area contributed by atoms with Gasteiger partial charge in [-0.3, -0.25) is 0 Å². The van der Waals surface area contributed by atoms with Gasteiger partial charge in [-0.1, -0.05) is 18.2 Å². The van der Waals surface area contributed by atoms with Crippen molar-refractivity contribution < 1.29 is 9.47 Å². The molecule has 3 rings (SSSR count). The highest BCUT2D eigenvalue weighted by molar-refractivity contribution is 6.01. The van der Waals surface area contributed by atoms with E-state index in [4.69, 9.17) is 4.74 Å². The Labute approximate surface area is 127 Å². The van der Waals surface area contributed by atoms with Gasteiger partial charge in [-0.25, -0.2) is 0 Å². The number of ether oxygens (including phenoxy) is 1. The molecule has 1 N–H and O–H groups in total. The molecule has 0 aliphatic heterocycles. The van der Waals surface area contributed by atoms with Crippen LogP contribution in [-0.4, -0.2) is 12.1 Å². The second-order valence-corrected chi connectivity index (χ2v) is 4.75. The third kappa shape index (κ3) is 2.38. The van der Waals surface area contributed by atoms with Crippen molar-refractivity contribution in [2.45, 2.75) is 0 Å². The van der Waals surface area contributed by atoms with Crippen molar-refractivity contribution in [3.8, 4) is 11.8 Å². The van der Waals surface area contributed by atoms with Crippen LogP contribution in [0.15, 0.2) is 48.9 Å². The Morgan fingerprint density at radius 2 is 2.18 bits per heavy atom. The van der Waals surface area contributed by atoms with Gasteiger partial charge < -0.3 is 14.9 Å². The fourth-order valence-corrected chi connectivity index (χ4v) is 2.40. The minimum absolute atomic E-state index is 0.460. The van der Waals surface area contributed by atoms with E-state index in [9.17, 15) is 10.5 Å². The second-order valence-electron chi connectivity index (χ2n) is 4.75. The number of methoxy groups -OCH3 is 1. The lowest BCUT2D eigenvalue weighted by Gasteiger charge is -2.05. The van der Waals surface area contributed by atoms with E-state index in [0.29, 0.717) is 21.6 Å². The lowest BCUT2D eigenvalue weighted by atomic mass is 10.0. The van der Waals surface area contributed by atoms with Gasteiger partial charge in [0.05, 0.1) is 24.3 Å². The zero-order valence-electron chi connectivity index (χ0n) is 11.9. The van der Waals surface area contributed by atoms with Gasteiger partial charge in [0.2, 0.25) is 0 Å². The van der Waals surface area contributed by atoms with Crippen molar-refractivity contribution >= 4 is 22.6 Å². The van der Waals surface area contributed by atoms with Crippen LogP contribution in [0.4, 0.5) is 0 Å². The van der Waals surface area contributed by atoms with E-state index in [1.165, 1.54) is 19.5 Å². The van der Waals surface area contributed by atoms with Crippen LogP contribution in [0, 0.1) is 16.5 Å². The molecule has 108 valence electrons. The van der Waals surface area contributed by atoms with Crippen molar-refractivity contribution in [2.75, 3.05) is 7.11 Å². The number of aromatic amines is 1. The van der Waals surface area contributed by atoms with E-state index >= 15 is 0 Å². The Balaban J connectivity index is 2.16. The maximum atomic E-state index is 11.5. The van der Waals surface area contributed by atoms with Crippen LogP contribution in [0.5, 0.6) is 5.75 Å². The number of nitrogens with zero attached hydrogens (tertiary/aromatic N) is 2. The third-order valence-corrected chi connectivity index (χ3v) is 3.44. The number of H-pyrrole nitrogens is 1. The van der Waals surface area contributed by atoms with Crippen molar-refractivity contribution in [1.29, 1.82) is 5.26 Å². The normalized spacial score (nSPS) is 11.4. The fraction of sp³-hybridized carbons (Fsp3) is 0.0588. The van der Waals surface area contributed by atoms with Crippen LogP contribution in [0.2, 0.25) is 0 Å². The first-order chi connectivity index (χ1) is 10.7. The van der Waals surface area contributed by atoms with Gasteiger partial charge in [0.15, 0.2) is 12.4 Å². The zero-order valence-corrected chi connectivity index (χ0v) is 11.9. The number of rotatable bonds is 3. The van der Waals surface area contributed by atoms with E-state index < -0.39 is 0 Å². The van der Waals surface area contributed by atoms with Crippen LogP contribution in [0.3, 0.4) is 0 Å². The summed E-state index contributed by atoms with van der Waals surface area (Å²) in [5.41, 5.74) is 2.77. The molecule has 0 fully saturated rings. The molecule has 0 saturated carbocycles. The minimum atomic E-state index is 0.460. The molecule has 0 amide bonds. The Morgan fingerprint density at radius 3 is 2.95 bits per heavy atom. The zero-order chi connectivity index (χ0) is 15.5. The van der Waals surface area contributed by atoms with Crippen LogP contribution in [0.25, 0.3) is 22.6 Å². The van der Waals surface area contributed by atoms with Gasteiger partial charge >= 0.3 is 0 Å². The summed E-state index contributed by atoms with van der Waals surface area (Å²) in [5, 5.41) is 21.9. The number of hydrogen-bond donors (Lipinski definition) is 1. The average Bonchev–Trinajstić information content (AvgIpc) is 2.97. The third-order valence-electron chi connectivity index (χ3n) is 3.44. The first-order valence-corrected chi connectivity index (χ1v) is 6.68. The Hall–Kier alpha value is -3.26. The number of nitriles is 1. The van der Waals surface area contributed by atoms with Crippen molar-refractivity contribution in [3.63, 3.8) is 0 Å². The van der Waals surface area contributed by atoms with Gasteiger partial charge in [-0.05, 0) is 12.1 Å². The van der Waals surface area contributed by atoms with Crippen LogP contribution < -0.4 is 9.47 Å². The smallest absolute Gasteiger partial charge is 0.191 e. The molecule has 3 aromatic rings. The molecule has 2 aromatic heterocycles. The summed E-state index contributed by atoms with van der Waals surface area (Å²) in [7, 11) is 1.53. The number of hydrogen-bond acceptors (Lipinski definition) is 3. The number of para-hydroxylation sites is 1. The lowest BCUT2D eigenvalue weighted by Crippen LogP contribution is -2.24. The monoisotopic (exact) mass is 291 g/mol. The van der Waals surface area contributed by atoms with E-state index in [1.807, 2.05) is 24.3 Å². The van der Waals surface area contributed by atoms with Gasteiger partial charge in [-0.15, -0.1) is 0 Å². The number of benzene rings is 1. The highest BCUT2D eigenvalue weighted by Gasteiger charge is 2.11. The summed E-state index contributed by atoms with van der Waals surface area (Å²) in [4.78, 5) is 3.14. The van der Waals surface area contributed by atoms with Gasteiger partial charge in [0.25, 0.3) is 0 Å². The number of fused-ring (bicyclic) bond motifs is 1. The van der Waals surface area contributed by atoms with E-state index in [2.05, 4.69) is 11.1 Å². The minimum Gasteiger partial charge on any atom is -0.619 e. The van der Waals surface area contributed by atoms with Crippen LogP contribution in [-0.2, 0) is 0 Å². The van der Waals surface area contributed by atoms with Crippen LogP contribution >= 0.6 is 0 Å².